The van der Waals surface area contributed by atoms with Crippen molar-refractivity contribution in [2.75, 3.05) is 0 Å². The highest BCUT2D eigenvalue weighted by Crippen LogP contribution is 2.26. The molecule has 0 aliphatic heterocycles. The fourth-order valence-electron chi connectivity index (χ4n) is 3.46. The van der Waals surface area contributed by atoms with Gasteiger partial charge in [0.05, 0.1) is 10.9 Å². The summed E-state index contributed by atoms with van der Waals surface area (Å²) in [4.78, 5) is 12.6. The van der Waals surface area contributed by atoms with Crippen molar-refractivity contribution in [2.24, 2.45) is 5.92 Å². The topological polar surface area (TPSA) is 72.7 Å². The number of rotatable bonds is 6. The number of carbonyl (C=O) groups excluding carboxylic acids is 1. The molecule has 1 aliphatic carbocycles. The van der Waals surface area contributed by atoms with E-state index >= 15 is 0 Å². The molecule has 146 valence electrons. The number of thioether (sulfide) groups is 1. The normalized spacial score (nSPS) is 21.2. The molecule has 6 nitrogen and oxygen atoms in total. The summed E-state index contributed by atoms with van der Waals surface area (Å²) in [6, 6.07) is 8.51. The Morgan fingerprint density at radius 1 is 1.19 bits per heavy atom. The molecular weight excluding hydrogens is 358 g/mol. The van der Waals surface area contributed by atoms with Crippen molar-refractivity contribution in [1.29, 1.82) is 0 Å². The number of hydrogen-bond donors (Lipinski definition) is 1. The summed E-state index contributed by atoms with van der Waals surface area (Å²) in [5.41, 5.74) is 2.18. The van der Waals surface area contributed by atoms with E-state index < -0.39 is 0 Å². The van der Waals surface area contributed by atoms with Crippen LogP contribution in [0, 0.1) is 5.92 Å². The van der Waals surface area contributed by atoms with Crippen LogP contribution in [0.15, 0.2) is 29.4 Å². The number of amides is 1. The predicted octanol–water partition coefficient (Wildman–Crippen LogP) is 3.96. The molecule has 3 rings (SSSR count). The van der Waals surface area contributed by atoms with Crippen LogP contribution in [0.4, 0.5) is 0 Å². The molecule has 1 aliphatic rings. The van der Waals surface area contributed by atoms with Crippen LogP contribution in [0.3, 0.4) is 0 Å². The Morgan fingerprint density at radius 2 is 1.89 bits per heavy atom. The Labute approximate surface area is 165 Å². The predicted molar refractivity (Wildman–Crippen MR) is 108 cm³/mol. The van der Waals surface area contributed by atoms with Crippen LogP contribution in [0.1, 0.15) is 64.9 Å². The minimum absolute atomic E-state index is 0.0588. The lowest BCUT2D eigenvalue weighted by Gasteiger charge is -2.30. The van der Waals surface area contributed by atoms with Gasteiger partial charge in [0.15, 0.2) is 0 Å². The van der Waals surface area contributed by atoms with E-state index in [0.717, 1.165) is 12.1 Å². The molecule has 1 N–H and O–H groups in total. The van der Waals surface area contributed by atoms with Gasteiger partial charge in [0, 0.05) is 6.04 Å². The summed E-state index contributed by atoms with van der Waals surface area (Å²) in [5, 5.41) is 15.6. The lowest BCUT2D eigenvalue weighted by Crippen LogP contribution is -2.44. The lowest BCUT2D eigenvalue weighted by atomic mass is 9.86. The van der Waals surface area contributed by atoms with Crippen LogP contribution in [-0.2, 0) is 4.79 Å². The van der Waals surface area contributed by atoms with Gasteiger partial charge in [-0.1, -0.05) is 57.5 Å². The van der Waals surface area contributed by atoms with Crippen molar-refractivity contribution in [3.63, 3.8) is 0 Å². The largest absolute Gasteiger partial charge is 0.352 e. The van der Waals surface area contributed by atoms with E-state index in [0.29, 0.717) is 17.0 Å². The average molecular weight is 388 g/mol. The van der Waals surface area contributed by atoms with Gasteiger partial charge < -0.3 is 5.32 Å². The monoisotopic (exact) mass is 387 g/mol. The summed E-state index contributed by atoms with van der Waals surface area (Å²) < 4.78 is 1.70. The maximum absolute atomic E-state index is 12.6. The van der Waals surface area contributed by atoms with Crippen LogP contribution >= 0.6 is 11.8 Å². The first kappa shape index (κ1) is 19.9. The smallest absolute Gasteiger partial charge is 0.233 e. The quantitative estimate of drug-likeness (QED) is 0.760. The minimum atomic E-state index is -0.251. The summed E-state index contributed by atoms with van der Waals surface area (Å²) >= 11 is 1.39. The zero-order chi connectivity index (χ0) is 19.4. The van der Waals surface area contributed by atoms with E-state index in [1.54, 1.807) is 4.68 Å². The molecular formula is C20H29N5OS. The SMILES string of the molecule is CC(C)c1ccc(-n2nnnc2S[C@H](C)C(=O)N[C@H]2CCCC[C@H]2C)cc1. The van der Waals surface area contributed by atoms with Gasteiger partial charge in [0.25, 0.3) is 0 Å². The molecule has 1 saturated carbocycles. The molecule has 7 heteroatoms. The van der Waals surface area contributed by atoms with Crippen LogP contribution < -0.4 is 5.32 Å². The van der Waals surface area contributed by atoms with Gasteiger partial charge in [-0.15, -0.1) is 5.10 Å². The van der Waals surface area contributed by atoms with E-state index in [4.69, 9.17) is 0 Å². The van der Waals surface area contributed by atoms with Crippen molar-refractivity contribution in [3.05, 3.63) is 29.8 Å². The second-order valence-corrected chi connectivity index (χ2v) is 9.06. The molecule has 0 saturated heterocycles. The number of carbonyl (C=O) groups is 1. The van der Waals surface area contributed by atoms with E-state index in [1.165, 1.54) is 36.6 Å². The Balaban J connectivity index is 1.65. The number of hydrogen-bond acceptors (Lipinski definition) is 5. The minimum Gasteiger partial charge on any atom is -0.352 e. The van der Waals surface area contributed by atoms with Crippen LogP contribution in [0.2, 0.25) is 0 Å². The van der Waals surface area contributed by atoms with E-state index in [9.17, 15) is 4.79 Å². The molecule has 1 aromatic carbocycles. The summed E-state index contributed by atoms with van der Waals surface area (Å²) in [6.45, 7) is 8.47. The summed E-state index contributed by atoms with van der Waals surface area (Å²) in [6.07, 6.45) is 4.73. The maximum Gasteiger partial charge on any atom is 0.233 e. The molecule has 0 unspecified atom stereocenters. The third kappa shape index (κ3) is 4.89. The standard InChI is InChI=1S/C20H29N5OS/c1-13(2)16-9-11-17(12-10-16)25-20(22-23-24-25)27-15(4)19(26)21-18-8-6-5-7-14(18)3/h9-15,18H,5-8H2,1-4H3,(H,21,26)/t14-,15-,18+/m1/s1. The van der Waals surface area contributed by atoms with Gasteiger partial charge in [-0.05, 0) is 59.7 Å². The van der Waals surface area contributed by atoms with Gasteiger partial charge in [-0.25, -0.2) is 0 Å². The number of nitrogens with one attached hydrogen (secondary N) is 1. The maximum atomic E-state index is 12.6. The fourth-order valence-corrected chi connectivity index (χ4v) is 4.27. The van der Waals surface area contributed by atoms with Crippen LogP contribution in [0.25, 0.3) is 5.69 Å². The van der Waals surface area contributed by atoms with Gasteiger partial charge in [0.1, 0.15) is 0 Å². The molecule has 1 fully saturated rings. The second-order valence-electron chi connectivity index (χ2n) is 7.76. The molecule has 3 atom stereocenters. The average Bonchev–Trinajstić information content (AvgIpc) is 3.11. The van der Waals surface area contributed by atoms with Crippen molar-refractivity contribution in [3.8, 4) is 5.69 Å². The van der Waals surface area contributed by atoms with Gasteiger partial charge in [-0.2, -0.15) is 4.68 Å². The molecule has 1 heterocycles. The van der Waals surface area contributed by atoms with Crippen molar-refractivity contribution in [1.82, 2.24) is 25.5 Å². The van der Waals surface area contributed by atoms with Gasteiger partial charge in [-0.3, -0.25) is 4.79 Å². The highest BCUT2D eigenvalue weighted by molar-refractivity contribution is 8.00. The van der Waals surface area contributed by atoms with Crippen molar-refractivity contribution in [2.45, 2.75) is 75.7 Å². The summed E-state index contributed by atoms with van der Waals surface area (Å²) in [5.74, 6) is 1.08. The molecule has 0 radical (unpaired) electrons. The van der Waals surface area contributed by atoms with E-state index in [1.807, 2.05) is 19.1 Å². The van der Waals surface area contributed by atoms with Gasteiger partial charge in [0.2, 0.25) is 11.1 Å². The molecule has 27 heavy (non-hydrogen) atoms. The molecule has 2 aromatic rings. The van der Waals surface area contributed by atoms with Crippen molar-refractivity contribution >= 4 is 17.7 Å². The first-order valence-corrected chi connectivity index (χ1v) is 10.7. The van der Waals surface area contributed by atoms with E-state index in [-0.39, 0.29) is 17.2 Å². The highest BCUT2D eigenvalue weighted by Gasteiger charge is 2.26. The van der Waals surface area contributed by atoms with Gasteiger partial charge >= 0.3 is 0 Å². The Hall–Kier alpha value is -1.89. The first-order valence-electron chi connectivity index (χ1n) is 9.81. The number of tetrazole rings is 1. The number of nitrogens with zero attached hydrogens (tertiary/aromatic N) is 4. The fraction of sp³-hybridized carbons (Fsp3) is 0.600. The molecule has 1 amide bonds. The Bertz CT molecular complexity index is 758. The third-order valence-electron chi connectivity index (χ3n) is 5.34. The summed E-state index contributed by atoms with van der Waals surface area (Å²) in [7, 11) is 0. The Morgan fingerprint density at radius 3 is 2.56 bits per heavy atom. The van der Waals surface area contributed by atoms with Crippen molar-refractivity contribution < 1.29 is 4.79 Å². The molecule has 1 aromatic heterocycles. The second kappa shape index (κ2) is 8.87. The molecule has 0 spiro atoms. The number of benzene rings is 1. The Kier molecular flexibility index (Phi) is 6.52. The zero-order valence-electron chi connectivity index (χ0n) is 16.6. The third-order valence-corrected chi connectivity index (χ3v) is 6.37. The molecule has 0 bridgehead atoms. The highest BCUT2D eigenvalue weighted by atomic mass is 32.2. The van der Waals surface area contributed by atoms with E-state index in [2.05, 4.69) is 53.7 Å². The van der Waals surface area contributed by atoms with Crippen LogP contribution in [0.5, 0.6) is 0 Å². The lowest BCUT2D eigenvalue weighted by molar-refractivity contribution is -0.121. The first-order chi connectivity index (χ1) is 13.0. The van der Waals surface area contributed by atoms with Crippen LogP contribution in [-0.4, -0.2) is 37.4 Å². The number of aromatic nitrogens is 4. The zero-order valence-corrected chi connectivity index (χ0v) is 17.4.